The van der Waals surface area contributed by atoms with Gasteiger partial charge in [-0.25, -0.2) is 4.79 Å². The fourth-order valence-corrected chi connectivity index (χ4v) is 1.86. The van der Waals surface area contributed by atoms with Crippen LogP contribution in [0.25, 0.3) is 0 Å². The molecule has 0 fully saturated rings. The topological polar surface area (TPSA) is 94.5 Å². The molecule has 1 unspecified atom stereocenters. The molecular weight excluding hydrogens is 296 g/mol. The number of likely N-dealkylation sites (N-methyl/N-ethyl adjacent to an activating group) is 1. The number of benzene rings is 1. The zero-order valence-electron chi connectivity index (χ0n) is 13.6. The minimum atomic E-state index is -0.600. The monoisotopic (exact) mass is 318 g/mol. The van der Waals surface area contributed by atoms with Crippen LogP contribution < -0.4 is 10.6 Å². The number of anilines is 1. The molecule has 7 heteroatoms. The number of carbonyl (C=O) groups excluding carboxylic acids is 2. The highest BCUT2D eigenvalue weighted by Gasteiger charge is 2.19. The van der Waals surface area contributed by atoms with Crippen LogP contribution in [0, 0.1) is 11.3 Å². The average molecular weight is 318 g/mol. The van der Waals surface area contributed by atoms with Gasteiger partial charge in [-0.15, -0.1) is 0 Å². The summed E-state index contributed by atoms with van der Waals surface area (Å²) in [6.45, 7) is 3.05. The van der Waals surface area contributed by atoms with Crippen molar-refractivity contribution < 1.29 is 14.3 Å². The number of urea groups is 1. The molecule has 0 radical (unpaired) electrons. The van der Waals surface area contributed by atoms with Gasteiger partial charge in [-0.2, -0.15) is 5.26 Å². The van der Waals surface area contributed by atoms with Crippen LogP contribution >= 0.6 is 0 Å². The van der Waals surface area contributed by atoms with Crippen LogP contribution in [0.3, 0.4) is 0 Å². The first-order valence-electron chi connectivity index (χ1n) is 7.29. The minimum Gasteiger partial charge on any atom is -0.385 e. The van der Waals surface area contributed by atoms with E-state index in [0.29, 0.717) is 24.4 Å². The molecule has 0 aliphatic heterocycles. The number of nitrogens with one attached hydrogen (secondary N) is 2. The van der Waals surface area contributed by atoms with Gasteiger partial charge in [0, 0.05) is 25.9 Å². The van der Waals surface area contributed by atoms with Gasteiger partial charge in [-0.3, -0.25) is 15.0 Å². The highest BCUT2D eigenvalue weighted by molar-refractivity contribution is 6.02. The lowest BCUT2D eigenvalue weighted by atomic mass is 10.2. The van der Waals surface area contributed by atoms with Gasteiger partial charge in [0.2, 0.25) is 5.91 Å². The Kier molecular flexibility index (Phi) is 7.74. The Morgan fingerprint density at radius 2 is 2.00 bits per heavy atom. The van der Waals surface area contributed by atoms with Gasteiger partial charge in [-0.05, 0) is 44.7 Å². The quantitative estimate of drug-likeness (QED) is 0.744. The summed E-state index contributed by atoms with van der Waals surface area (Å²) < 4.78 is 4.97. The van der Waals surface area contributed by atoms with Crippen molar-refractivity contribution in [2.24, 2.45) is 0 Å². The molecule has 0 spiro atoms. The second kappa shape index (κ2) is 9.56. The molecule has 23 heavy (non-hydrogen) atoms. The molecule has 0 heterocycles. The van der Waals surface area contributed by atoms with E-state index in [4.69, 9.17) is 10.00 Å². The summed E-state index contributed by atoms with van der Waals surface area (Å²) in [7, 11) is 3.45. The SMILES string of the molecule is COCCCN(C)C(C)C(=O)NC(=O)Nc1ccc(C#N)cc1. The molecule has 0 aliphatic rings. The first-order valence-corrected chi connectivity index (χ1v) is 7.29. The number of rotatable bonds is 7. The van der Waals surface area contributed by atoms with Crippen molar-refractivity contribution in [1.82, 2.24) is 10.2 Å². The zero-order valence-corrected chi connectivity index (χ0v) is 13.6. The van der Waals surface area contributed by atoms with Gasteiger partial charge in [0.15, 0.2) is 0 Å². The van der Waals surface area contributed by atoms with Crippen molar-refractivity contribution in [3.63, 3.8) is 0 Å². The summed E-state index contributed by atoms with van der Waals surface area (Å²) in [5.41, 5.74) is 1.01. The Hall–Kier alpha value is -2.43. The molecule has 124 valence electrons. The third-order valence-electron chi connectivity index (χ3n) is 3.41. The van der Waals surface area contributed by atoms with Crippen molar-refractivity contribution in [2.75, 3.05) is 32.6 Å². The number of nitrogens with zero attached hydrogens (tertiary/aromatic N) is 2. The maximum atomic E-state index is 12.0. The molecule has 0 bridgehead atoms. The third kappa shape index (κ3) is 6.46. The molecule has 1 rings (SSSR count). The summed E-state index contributed by atoms with van der Waals surface area (Å²) in [6.07, 6.45) is 0.808. The van der Waals surface area contributed by atoms with E-state index in [1.807, 2.05) is 18.0 Å². The Bertz CT molecular complexity index is 566. The van der Waals surface area contributed by atoms with E-state index in [1.165, 1.54) is 0 Å². The first-order chi connectivity index (χ1) is 11.0. The molecule has 0 saturated carbocycles. The summed E-state index contributed by atoms with van der Waals surface area (Å²) in [6, 6.07) is 7.33. The fraction of sp³-hybridized carbons (Fsp3) is 0.438. The molecule has 1 aromatic carbocycles. The van der Waals surface area contributed by atoms with Gasteiger partial charge in [0.25, 0.3) is 0 Å². The molecule has 2 N–H and O–H groups in total. The maximum absolute atomic E-state index is 12.0. The number of hydrogen-bond donors (Lipinski definition) is 2. The Balaban J connectivity index is 2.45. The second-order valence-electron chi connectivity index (χ2n) is 5.14. The van der Waals surface area contributed by atoms with Crippen LogP contribution in [0.15, 0.2) is 24.3 Å². The number of nitriles is 1. The number of methoxy groups -OCH3 is 1. The first kappa shape index (κ1) is 18.6. The Labute approximate surface area is 136 Å². The smallest absolute Gasteiger partial charge is 0.325 e. The third-order valence-corrected chi connectivity index (χ3v) is 3.41. The molecule has 0 aromatic heterocycles. The molecule has 1 atom stereocenters. The summed E-state index contributed by atoms with van der Waals surface area (Å²) in [5, 5.41) is 13.6. The number of ether oxygens (including phenoxy) is 1. The van der Waals surface area contributed by atoms with Crippen molar-refractivity contribution in [3.05, 3.63) is 29.8 Å². The molecule has 3 amide bonds. The molecule has 0 saturated heterocycles. The van der Waals surface area contributed by atoms with Crippen LogP contribution in [0.5, 0.6) is 0 Å². The van der Waals surface area contributed by atoms with E-state index in [1.54, 1.807) is 38.3 Å². The average Bonchev–Trinajstić information content (AvgIpc) is 2.54. The van der Waals surface area contributed by atoms with Gasteiger partial charge in [0.05, 0.1) is 17.7 Å². The predicted octanol–water partition coefficient (Wildman–Crippen LogP) is 1.56. The van der Waals surface area contributed by atoms with Gasteiger partial charge >= 0.3 is 6.03 Å². The van der Waals surface area contributed by atoms with E-state index in [9.17, 15) is 9.59 Å². The largest absolute Gasteiger partial charge is 0.385 e. The number of carbonyl (C=O) groups is 2. The number of hydrogen-bond acceptors (Lipinski definition) is 5. The van der Waals surface area contributed by atoms with E-state index in [2.05, 4.69) is 10.6 Å². The lowest BCUT2D eigenvalue weighted by molar-refractivity contribution is -0.124. The van der Waals surface area contributed by atoms with Crippen LogP contribution in [0.2, 0.25) is 0 Å². The highest BCUT2D eigenvalue weighted by Crippen LogP contribution is 2.08. The van der Waals surface area contributed by atoms with E-state index < -0.39 is 12.1 Å². The maximum Gasteiger partial charge on any atom is 0.325 e. The highest BCUT2D eigenvalue weighted by atomic mass is 16.5. The predicted molar refractivity (Wildman–Crippen MR) is 86.9 cm³/mol. The lowest BCUT2D eigenvalue weighted by Crippen LogP contribution is -2.47. The van der Waals surface area contributed by atoms with Crippen molar-refractivity contribution >= 4 is 17.6 Å². The van der Waals surface area contributed by atoms with Crippen molar-refractivity contribution in [1.29, 1.82) is 5.26 Å². The van der Waals surface area contributed by atoms with Crippen molar-refractivity contribution in [3.8, 4) is 6.07 Å². The second-order valence-corrected chi connectivity index (χ2v) is 5.14. The molecular formula is C16H22N4O3. The minimum absolute atomic E-state index is 0.379. The van der Waals surface area contributed by atoms with E-state index >= 15 is 0 Å². The standard InChI is InChI=1S/C16H22N4O3/c1-12(20(2)9-4-10-23-3)15(21)19-16(22)18-14-7-5-13(11-17)6-8-14/h5-8,12H,4,9-10H2,1-3H3,(H2,18,19,21,22). The molecule has 7 nitrogen and oxygen atoms in total. The number of amides is 3. The van der Waals surface area contributed by atoms with Crippen LogP contribution in [-0.4, -0.2) is 50.2 Å². The van der Waals surface area contributed by atoms with Crippen LogP contribution in [0.4, 0.5) is 10.5 Å². The Morgan fingerprint density at radius 1 is 1.35 bits per heavy atom. The van der Waals surface area contributed by atoms with Crippen molar-refractivity contribution in [2.45, 2.75) is 19.4 Å². The summed E-state index contributed by atoms with van der Waals surface area (Å²) >= 11 is 0. The fourth-order valence-electron chi connectivity index (χ4n) is 1.86. The van der Waals surface area contributed by atoms with Gasteiger partial charge < -0.3 is 10.1 Å². The lowest BCUT2D eigenvalue weighted by Gasteiger charge is -2.23. The molecule has 1 aromatic rings. The molecule has 0 aliphatic carbocycles. The zero-order chi connectivity index (χ0) is 17.2. The van der Waals surface area contributed by atoms with E-state index in [0.717, 1.165) is 6.42 Å². The van der Waals surface area contributed by atoms with Gasteiger partial charge in [0.1, 0.15) is 0 Å². The van der Waals surface area contributed by atoms with Crippen LogP contribution in [0.1, 0.15) is 18.9 Å². The summed E-state index contributed by atoms with van der Waals surface area (Å²) in [5.74, 6) is -0.379. The van der Waals surface area contributed by atoms with Gasteiger partial charge in [-0.1, -0.05) is 0 Å². The summed E-state index contributed by atoms with van der Waals surface area (Å²) in [4.78, 5) is 25.7. The van der Waals surface area contributed by atoms with E-state index in [-0.39, 0.29) is 5.91 Å². The normalized spacial score (nSPS) is 11.6. The Morgan fingerprint density at radius 3 is 2.57 bits per heavy atom. The van der Waals surface area contributed by atoms with Crippen LogP contribution in [-0.2, 0) is 9.53 Å². The number of imide groups is 1.